The molecular weight excluding hydrogens is 262 g/mol. The number of likely N-dealkylation sites (tertiary alicyclic amines) is 1. The van der Waals surface area contributed by atoms with Crippen LogP contribution in [0, 0.1) is 0 Å². The van der Waals surface area contributed by atoms with E-state index in [0.717, 1.165) is 38.2 Å². The highest BCUT2D eigenvalue weighted by Crippen LogP contribution is 2.17. The van der Waals surface area contributed by atoms with Crippen molar-refractivity contribution in [2.75, 3.05) is 25.0 Å². The van der Waals surface area contributed by atoms with Gasteiger partial charge in [-0.15, -0.1) is 0 Å². The minimum atomic E-state index is -0.380. The molecule has 0 radical (unpaired) electrons. The van der Waals surface area contributed by atoms with Gasteiger partial charge in [0.1, 0.15) is 0 Å². The monoisotopic (exact) mass is 287 g/mol. The molecule has 3 N–H and O–H groups in total. The topological polar surface area (TPSA) is 58.4 Å². The number of hydrogen-bond donors (Lipinski definition) is 2. The molecule has 1 amide bonds. The summed E-state index contributed by atoms with van der Waals surface area (Å²) in [6, 6.07) is 7.90. The smallest absolute Gasteiger partial charge is 0.248 e. The Labute approximate surface area is 127 Å². The molecule has 0 spiro atoms. The molecule has 0 saturated carbocycles. The van der Waals surface area contributed by atoms with Crippen molar-refractivity contribution in [2.24, 2.45) is 5.73 Å². The van der Waals surface area contributed by atoms with Gasteiger partial charge >= 0.3 is 0 Å². The van der Waals surface area contributed by atoms with Crippen LogP contribution in [0.5, 0.6) is 0 Å². The molecule has 1 aliphatic heterocycles. The van der Waals surface area contributed by atoms with Crippen LogP contribution in [0.25, 0.3) is 0 Å². The zero-order chi connectivity index (χ0) is 15.2. The average Bonchev–Trinajstić information content (AvgIpc) is 2.47. The highest BCUT2D eigenvalue weighted by atomic mass is 16.1. The zero-order valence-corrected chi connectivity index (χ0v) is 12.9. The molecule has 4 nitrogen and oxygen atoms in total. The Balaban J connectivity index is 1.80. The van der Waals surface area contributed by atoms with Crippen molar-refractivity contribution in [1.82, 2.24) is 4.90 Å². The van der Waals surface area contributed by atoms with Gasteiger partial charge in [0.05, 0.1) is 0 Å². The average molecular weight is 287 g/mol. The van der Waals surface area contributed by atoms with E-state index in [-0.39, 0.29) is 5.91 Å². The van der Waals surface area contributed by atoms with Crippen molar-refractivity contribution >= 4 is 11.6 Å². The lowest BCUT2D eigenvalue weighted by molar-refractivity contribution is 0.100. The molecule has 0 unspecified atom stereocenters. The van der Waals surface area contributed by atoms with Crippen molar-refractivity contribution in [1.29, 1.82) is 0 Å². The summed E-state index contributed by atoms with van der Waals surface area (Å²) in [5.74, 6) is -0.380. The van der Waals surface area contributed by atoms with Gasteiger partial charge in [0.25, 0.3) is 0 Å². The first kappa shape index (κ1) is 15.6. The van der Waals surface area contributed by atoms with Crippen molar-refractivity contribution in [3.05, 3.63) is 41.5 Å². The normalized spacial score (nSPS) is 16.5. The number of allylic oxidation sites excluding steroid dienone is 1. The molecule has 0 aromatic heterocycles. The van der Waals surface area contributed by atoms with Crippen LogP contribution in [0.15, 0.2) is 35.9 Å². The number of amides is 1. The van der Waals surface area contributed by atoms with Crippen molar-refractivity contribution < 1.29 is 4.79 Å². The number of benzene rings is 1. The molecule has 2 rings (SSSR count). The molecule has 4 heteroatoms. The number of piperidine rings is 1. The maximum Gasteiger partial charge on any atom is 0.248 e. The van der Waals surface area contributed by atoms with E-state index >= 15 is 0 Å². The van der Waals surface area contributed by atoms with Crippen LogP contribution < -0.4 is 11.1 Å². The highest BCUT2D eigenvalue weighted by molar-refractivity contribution is 5.93. The first-order valence-electron chi connectivity index (χ1n) is 7.56. The van der Waals surface area contributed by atoms with E-state index in [2.05, 4.69) is 30.1 Å². The lowest BCUT2D eigenvalue weighted by Crippen LogP contribution is -2.39. The maximum atomic E-state index is 11.0. The minimum absolute atomic E-state index is 0.380. The Hall–Kier alpha value is -1.81. The lowest BCUT2D eigenvalue weighted by Gasteiger charge is -2.32. The minimum Gasteiger partial charge on any atom is -0.382 e. The summed E-state index contributed by atoms with van der Waals surface area (Å²) in [5, 5.41) is 3.54. The van der Waals surface area contributed by atoms with E-state index in [1.807, 2.05) is 12.1 Å². The molecule has 21 heavy (non-hydrogen) atoms. The van der Waals surface area contributed by atoms with Crippen LogP contribution in [0.3, 0.4) is 0 Å². The van der Waals surface area contributed by atoms with Crippen molar-refractivity contribution in [3.8, 4) is 0 Å². The summed E-state index contributed by atoms with van der Waals surface area (Å²) in [7, 11) is 0. The van der Waals surface area contributed by atoms with E-state index in [4.69, 9.17) is 5.73 Å². The number of rotatable bonds is 5. The summed E-state index contributed by atoms with van der Waals surface area (Å²) in [6.07, 6.45) is 4.58. The molecule has 1 aromatic carbocycles. The van der Waals surface area contributed by atoms with Gasteiger partial charge in [-0.1, -0.05) is 11.6 Å². The predicted molar refractivity (Wildman–Crippen MR) is 87.5 cm³/mol. The Kier molecular flexibility index (Phi) is 5.39. The number of anilines is 1. The number of nitrogens with two attached hydrogens (primary N) is 1. The zero-order valence-electron chi connectivity index (χ0n) is 12.9. The maximum absolute atomic E-state index is 11.0. The number of carbonyl (C=O) groups excluding carboxylic acids is 1. The molecule has 0 aliphatic carbocycles. The van der Waals surface area contributed by atoms with E-state index in [9.17, 15) is 4.79 Å². The molecule has 1 aromatic rings. The van der Waals surface area contributed by atoms with Crippen LogP contribution in [-0.4, -0.2) is 36.5 Å². The number of carbonyl (C=O) groups is 1. The second-order valence-corrected chi connectivity index (χ2v) is 5.94. The number of hydrogen-bond acceptors (Lipinski definition) is 3. The van der Waals surface area contributed by atoms with E-state index in [1.165, 1.54) is 5.57 Å². The van der Waals surface area contributed by atoms with Gasteiger partial charge in [0, 0.05) is 36.9 Å². The second-order valence-electron chi connectivity index (χ2n) is 5.94. The van der Waals surface area contributed by atoms with E-state index in [0.29, 0.717) is 11.6 Å². The SMILES string of the molecule is CC(C)=CCN1CCC(Nc2ccc(C(N)=O)cc2)CC1. The van der Waals surface area contributed by atoms with Crippen molar-refractivity contribution in [3.63, 3.8) is 0 Å². The lowest BCUT2D eigenvalue weighted by atomic mass is 10.0. The van der Waals surface area contributed by atoms with Gasteiger partial charge < -0.3 is 11.1 Å². The number of nitrogens with zero attached hydrogens (tertiary/aromatic N) is 1. The van der Waals surface area contributed by atoms with Crippen LogP contribution in [-0.2, 0) is 0 Å². The van der Waals surface area contributed by atoms with Gasteiger partial charge in [-0.25, -0.2) is 0 Å². The molecule has 114 valence electrons. The van der Waals surface area contributed by atoms with Gasteiger partial charge in [-0.2, -0.15) is 0 Å². The van der Waals surface area contributed by atoms with Crippen LogP contribution in [0.2, 0.25) is 0 Å². The Morgan fingerprint density at radius 3 is 2.43 bits per heavy atom. The van der Waals surface area contributed by atoms with Crippen LogP contribution >= 0.6 is 0 Å². The third-order valence-corrected chi connectivity index (χ3v) is 3.89. The fourth-order valence-corrected chi connectivity index (χ4v) is 2.54. The molecule has 0 bridgehead atoms. The largest absolute Gasteiger partial charge is 0.382 e. The fourth-order valence-electron chi connectivity index (χ4n) is 2.54. The predicted octanol–water partition coefficient (Wildman–Crippen LogP) is 2.63. The molecule has 1 saturated heterocycles. The molecule has 1 fully saturated rings. The molecule has 1 aliphatic rings. The third-order valence-electron chi connectivity index (χ3n) is 3.89. The standard InChI is InChI=1S/C17H25N3O/c1-13(2)7-10-20-11-8-16(9-12-20)19-15-5-3-14(4-6-15)17(18)21/h3-7,16,19H,8-12H2,1-2H3,(H2,18,21). The molecule has 0 atom stereocenters. The third kappa shape index (κ3) is 4.90. The highest BCUT2D eigenvalue weighted by Gasteiger charge is 2.18. The van der Waals surface area contributed by atoms with E-state index < -0.39 is 0 Å². The Morgan fingerprint density at radius 2 is 1.90 bits per heavy atom. The quantitative estimate of drug-likeness (QED) is 0.819. The van der Waals surface area contributed by atoms with Gasteiger partial charge in [0.15, 0.2) is 0 Å². The number of primary amides is 1. The van der Waals surface area contributed by atoms with Gasteiger partial charge in [0.2, 0.25) is 5.91 Å². The summed E-state index contributed by atoms with van der Waals surface area (Å²) in [4.78, 5) is 13.5. The summed E-state index contributed by atoms with van der Waals surface area (Å²) < 4.78 is 0. The first-order chi connectivity index (χ1) is 10.0. The van der Waals surface area contributed by atoms with Crippen LogP contribution in [0.1, 0.15) is 37.0 Å². The first-order valence-corrected chi connectivity index (χ1v) is 7.56. The number of nitrogens with one attached hydrogen (secondary N) is 1. The Morgan fingerprint density at radius 1 is 1.29 bits per heavy atom. The summed E-state index contributed by atoms with van der Waals surface area (Å²) in [5.41, 5.74) is 8.23. The molecular formula is C17H25N3O. The van der Waals surface area contributed by atoms with Gasteiger partial charge in [-0.05, 0) is 51.0 Å². The van der Waals surface area contributed by atoms with Crippen molar-refractivity contribution in [2.45, 2.75) is 32.7 Å². The van der Waals surface area contributed by atoms with Crippen LogP contribution in [0.4, 0.5) is 5.69 Å². The van der Waals surface area contributed by atoms with E-state index in [1.54, 1.807) is 12.1 Å². The fraction of sp³-hybridized carbons (Fsp3) is 0.471. The summed E-state index contributed by atoms with van der Waals surface area (Å²) >= 11 is 0. The second kappa shape index (κ2) is 7.27. The van der Waals surface area contributed by atoms with Gasteiger partial charge in [-0.3, -0.25) is 9.69 Å². The molecule has 1 heterocycles. The Bertz CT molecular complexity index is 495. The summed E-state index contributed by atoms with van der Waals surface area (Å²) in [6.45, 7) is 7.60.